The molecule has 0 fully saturated rings. The molecule has 3 aromatic rings. The molecule has 0 radical (unpaired) electrons. The lowest BCUT2D eigenvalue weighted by Crippen LogP contribution is -1.98. The normalized spacial score (nSPS) is 10.8. The average molecular weight is 240 g/mol. The summed E-state index contributed by atoms with van der Waals surface area (Å²) in [4.78, 5) is 12.8. The van der Waals surface area contributed by atoms with Crippen molar-refractivity contribution in [1.82, 2.24) is 19.5 Å². The number of benzene rings is 1. The third-order valence-electron chi connectivity index (χ3n) is 2.79. The molecule has 0 N–H and O–H groups in total. The molecule has 2 heterocycles. The van der Waals surface area contributed by atoms with E-state index in [2.05, 4.69) is 15.0 Å². The minimum absolute atomic E-state index is 0.498. The molecular formula is C13H12N4O. The third kappa shape index (κ3) is 1.52. The maximum atomic E-state index is 5.20. The average Bonchev–Trinajstić information content (AvgIpc) is 2.75. The molecule has 0 spiro atoms. The number of hydrogen-bond acceptors (Lipinski definition) is 4. The van der Waals surface area contributed by atoms with Gasteiger partial charge >= 0.3 is 0 Å². The van der Waals surface area contributed by atoms with Gasteiger partial charge in [0.25, 0.3) is 0 Å². The number of imidazole rings is 1. The van der Waals surface area contributed by atoms with E-state index in [1.54, 1.807) is 7.11 Å². The fourth-order valence-electron chi connectivity index (χ4n) is 2.02. The number of nitrogens with zero attached hydrogens (tertiary/aromatic N) is 4. The zero-order valence-corrected chi connectivity index (χ0v) is 10.2. The molecule has 0 aliphatic rings. The van der Waals surface area contributed by atoms with Crippen LogP contribution in [0.15, 0.2) is 36.7 Å². The van der Waals surface area contributed by atoms with Crippen molar-refractivity contribution in [1.29, 1.82) is 0 Å². The summed E-state index contributed by atoms with van der Waals surface area (Å²) in [5.74, 6) is 1.35. The Bertz CT molecular complexity index is 691. The molecular weight excluding hydrogens is 228 g/mol. The predicted octanol–water partition coefficient (Wildman–Crippen LogP) is 2.13. The second-order valence-corrected chi connectivity index (χ2v) is 3.89. The van der Waals surface area contributed by atoms with Crippen LogP contribution in [0, 0.1) is 6.92 Å². The van der Waals surface area contributed by atoms with Crippen molar-refractivity contribution < 1.29 is 4.74 Å². The first kappa shape index (κ1) is 10.7. The SMILES string of the molecule is COc1ncnc2c1nc(C)n2-c1ccccc1. The summed E-state index contributed by atoms with van der Waals surface area (Å²) in [6.07, 6.45) is 1.49. The van der Waals surface area contributed by atoms with Gasteiger partial charge < -0.3 is 4.74 Å². The van der Waals surface area contributed by atoms with Crippen LogP contribution in [-0.2, 0) is 0 Å². The van der Waals surface area contributed by atoms with E-state index in [0.717, 1.165) is 17.2 Å². The van der Waals surface area contributed by atoms with Gasteiger partial charge in [-0.15, -0.1) is 0 Å². The summed E-state index contributed by atoms with van der Waals surface area (Å²) in [7, 11) is 1.58. The molecule has 90 valence electrons. The number of methoxy groups -OCH3 is 1. The van der Waals surface area contributed by atoms with Gasteiger partial charge in [-0.05, 0) is 19.1 Å². The number of rotatable bonds is 2. The molecule has 2 aromatic heterocycles. The molecule has 0 amide bonds. The van der Waals surface area contributed by atoms with Crippen molar-refractivity contribution >= 4 is 11.2 Å². The standard InChI is InChI=1S/C13H12N4O/c1-9-16-11-12(14-8-15-13(11)18-2)17(9)10-6-4-3-5-7-10/h3-8H,1-2H3. The summed E-state index contributed by atoms with van der Waals surface area (Å²) in [5, 5.41) is 0. The predicted molar refractivity (Wildman–Crippen MR) is 67.9 cm³/mol. The summed E-state index contributed by atoms with van der Waals surface area (Å²) < 4.78 is 7.19. The lowest BCUT2D eigenvalue weighted by atomic mass is 10.3. The monoisotopic (exact) mass is 240 g/mol. The van der Waals surface area contributed by atoms with Crippen molar-refractivity contribution in [2.24, 2.45) is 0 Å². The van der Waals surface area contributed by atoms with Crippen molar-refractivity contribution in [3.8, 4) is 11.6 Å². The smallest absolute Gasteiger partial charge is 0.245 e. The van der Waals surface area contributed by atoms with Gasteiger partial charge in [-0.3, -0.25) is 4.57 Å². The molecule has 0 saturated carbocycles. The van der Waals surface area contributed by atoms with Crippen LogP contribution < -0.4 is 4.74 Å². The molecule has 5 nitrogen and oxygen atoms in total. The number of ether oxygens (including phenoxy) is 1. The van der Waals surface area contributed by atoms with Crippen LogP contribution in [0.5, 0.6) is 5.88 Å². The van der Waals surface area contributed by atoms with Crippen molar-refractivity contribution in [3.63, 3.8) is 0 Å². The number of para-hydroxylation sites is 1. The van der Waals surface area contributed by atoms with Crippen LogP contribution in [0.4, 0.5) is 0 Å². The minimum atomic E-state index is 0.498. The highest BCUT2D eigenvalue weighted by Crippen LogP contribution is 2.24. The summed E-state index contributed by atoms with van der Waals surface area (Å²) in [5.41, 5.74) is 2.46. The lowest BCUT2D eigenvalue weighted by molar-refractivity contribution is 0.401. The molecule has 1 aromatic carbocycles. The Labute approximate surface area is 104 Å². The van der Waals surface area contributed by atoms with E-state index in [4.69, 9.17) is 4.74 Å². The maximum Gasteiger partial charge on any atom is 0.245 e. The van der Waals surface area contributed by atoms with Gasteiger partial charge in [0.05, 0.1) is 7.11 Å². The Hall–Kier alpha value is -2.43. The van der Waals surface area contributed by atoms with Gasteiger partial charge in [-0.1, -0.05) is 18.2 Å². The van der Waals surface area contributed by atoms with Gasteiger partial charge in [0.2, 0.25) is 5.88 Å². The van der Waals surface area contributed by atoms with Crippen molar-refractivity contribution in [2.45, 2.75) is 6.92 Å². The van der Waals surface area contributed by atoms with E-state index in [9.17, 15) is 0 Å². The highest BCUT2D eigenvalue weighted by molar-refractivity contribution is 5.78. The first-order chi connectivity index (χ1) is 8.81. The lowest BCUT2D eigenvalue weighted by Gasteiger charge is -2.05. The van der Waals surface area contributed by atoms with Crippen LogP contribution in [0.2, 0.25) is 0 Å². The third-order valence-corrected chi connectivity index (χ3v) is 2.79. The first-order valence-electron chi connectivity index (χ1n) is 5.60. The van der Waals surface area contributed by atoms with Gasteiger partial charge in [-0.25, -0.2) is 9.97 Å². The van der Waals surface area contributed by atoms with E-state index in [1.165, 1.54) is 6.33 Å². The van der Waals surface area contributed by atoms with Crippen molar-refractivity contribution in [2.75, 3.05) is 7.11 Å². The molecule has 0 saturated heterocycles. The van der Waals surface area contributed by atoms with E-state index >= 15 is 0 Å². The van der Waals surface area contributed by atoms with E-state index in [1.807, 2.05) is 41.8 Å². The second-order valence-electron chi connectivity index (χ2n) is 3.89. The molecule has 0 aliphatic carbocycles. The topological polar surface area (TPSA) is 52.8 Å². The first-order valence-corrected chi connectivity index (χ1v) is 5.60. The van der Waals surface area contributed by atoms with Crippen molar-refractivity contribution in [3.05, 3.63) is 42.5 Å². The Morgan fingerprint density at radius 1 is 1.11 bits per heavy atom. The summed E-state index contributed by atoms with van der Waals surface area (Å²) >= 11 is 0. The minimum Gasteiger partial charge on any atom is -0.479 e. The van der Waals surface area contributed by atoms with Gasteiger partial charge in [0.1, 0.15) is 12.2 Å². The fraction of sp³-hybridized carbons (Fsp3) is 0.154. The van der Waals surface area contributed by atoms with Crippen LogP contribution in [-0.4, -0.2) is 26.6 Å². The second kappa shape index (κ2) is 4.10. The number of hydrogen-bond donors (Lipinski definition) is 0. The molecule has 0 bridgehead atoms. The molecule has 0 unspecified atom stereocenters. The van der Waals surface area contributed by atoms with Gasteiger partial charge in [-0.2, -0.15) is 4.98 Å². The summed E-state index contributed by atoms with van der Waals surface area (Å²) in [6.45, 7) is 1.94. The maximum absolute atomic E-state index is 5.20. The molecule has 0 aliphatic heterocycles. The zero-order valence-electron chi connectivity index (χ0n) is 10.2. The van der Waals surface area contributed by atoms with Gasteiger partial charge in [0, 0.05) is 5.69 Å². The van der Waals surface area contributed by atoms with Crippen LogP contribution in [0.25, 0.3) is 16.9 Å². The Morgan fingerprint density at radius 3 is 2.61 bits per heavy atom. The number of aryl methyl sites for hydroxylation is 1. The highest BCUT2D eigenvalue weighted by atomic mass is 16.5. The molecule has 0 atom stereocenters. The highest BCUT2D eigenvalue weighted by Gasteiger charge is 2.14. The molecule has 5 heteroatoms. The van der Waals surface area contributed by atoms with Crippen LogP contribution in [0.3, 0.4) is 0 Å². The molecule has 18 heavy (non-hydrogen) atoms. The number of fused-ring (bicyclic) bond motifs is 1. The van der Waals surface area contributed by atoms with Gasteiger partial charge in [0.15, 0.2) is 11.2 Å². The van der Waals surface area contributed by atoms with E-state index in [0.29, 0.717) is 11.4 Å². The largest absolute Gasteiger partial charge is 0.479 e. The Kier molecular flexibility index (Phi) is 2.44. The van der Waals surface area contributed by atoms with Crippen LogP contribution in [0.1, 0.15) is 5.82 Å². The number of aromatic nitrogens is 4. The fourth-order valence-corrected chi connectivity index (χ4v) is 2.02. The zero-order chi connectivity index (χ0) is 12.5. The van der Waals surface area contributed by atoms with E-state index in [-0.39, 0.29) is 0 Å². The Morgan fingerprint density at radius 2 is 1.89 bits per heavy atom. The Balaban J connectivity index is 2.34. The van der Waals surface area contributed by atoms with Crippen LogP contribution >= 0.6 is 0 Å². The summed E-state index contributed by atoms with van der Waals surface area (Å²) in [6, 6.07) is 9.98. The quantitative estimate of drug-likeness (QED) is 0.688. The molecule has 3 rings (SSSR count). The van der Waals surface area contributed by atoms with E-state index < -0.39 is 0 Å².